The number of nitrogens with zero attached hydrogens (tertiary/aromatic N) is 5. The molecule has 2 aromatic carbocycles. The predicted molar refractivity (Wildman–Crippen MR) is 176 cm³/mol. The average Bonchev–Trinajstić information content (AvgIpc) is 3.38. The highest BCUT2D eigenvalue weighted by Crippen LogP contribution is 2.51. The molecule has 1 saturated carbocycles. The van der Waals surface area contributed by atoms with Crippen molar-refractivity contribution in [2.24, 2.45) is 5.41 Å². The van der Waals surface area contributed by atoms with Crippen LogP contribution in [0.4, 0.5) is 5.69 Å². The molecule has 228 valence electrons. The number of benzene rings is 2. The molecule has 3 aromatic heterocycles. The number of ether oxygens (including phenoxy) is 1. The standard InChI is InChI=1S/C33H27Cl2N5O4S/c1-17-10-21(30-28(37-17)23(14-45-30)32(42)43)20-11-19(34)4-5-26(20)44-9-8-40-18(2)38-25-12-24(35)29(22(13-36)27(25)31(40)41)39-15-33(16-39)6-3-7-33/h4-5,10-12,14H,3,6-9,15-16H2,1-2H3,(H,42,43). The number of thiophene rings is 1. The number of hydrogen-bond acceptors (Lipinski definition) is 8. The second-order valence-electron chi connectivity index (χ2n) is 11.8. The van der Waals surface area contributed by atoms with Crippen molar-refractivity contribution in [3.8, 4) is 22.9 Å². The summed E-state index contributed by atoms with van der Waals surface area (Å²) in [5, 5.41) is 22.6. The van der Waals surface area contributed by atoms with Crippen LogP contribution in [-0.2, 0) is 6.54 Å². The Labute approximate surface area is 272 Å². The summed E-state index contributed by atoms with van der Waals surface area (Å²) < 4.78 is 8.48. The van der Waals surface area contributed by atoms with E-state index >= 15 is 0 Å². The molecule has 1 spiro atoms. The summed E-state index contributed by atoms with van der Waals surface area (Å²) in [6.45, 7) is 5.52. The first-order valence-corrected chi connectivity index (χ1v) is 16.2. The molecule has 12 heteroatoms. The lowest BCUT2D eigenvalue weighted by atomic mass is 9.63. The highest BCUT2D eigenvalue weighted by molar-refractivity contribution is 7.18. The van der Waals surface area contributed by atoms with Crippen molar-refractivity contribution in [2.45, 2.75) is 39.7 Å². The minimum absolute atomic E-state index is 0.123. The lowest BCUT2D eigenvalue weighted by Gasteiger charge is -2.57. The molecule has 1 N–H and O–H groups in total. The van der Waals surface area contributed by atoms with E-state index in [0.29, 0.717) is 59.7 Å². The SMILES string of the molecule is Cc1cc(-c2cc(Cl)ccc2OCCn2c(C)nc3cc(Cl)c(N4CC5(CCC5)C4)c(C#N)c3c2=O)c2scc(C(=O)O)c2n1. The number of aromatic nitrogens is 3. The second kappa shape index (κ2) is 11.0. The molecule has 1 saturated heterocycles. The molecule has 0 bridgehead atoms. The first-order chi connectivity index (χ1) is 21.6. The van der Waals surface area contributed by atoms with E-state index in [4.69, 9.17) is 27.9 Å². The number of rotatable bonds is 7. The molecule has 0 unspecified atom stereocenters. The van der Waals surface area contributed by atoms with Crippen LogP contribution in [0.15, 0.2) is 40.5 Å². The first kappa shape index (κ1) is 29.5. The third-order valence-electron chi connectivity index (χ3n) is 8.94. The normalized spacial score (nSPS) is 15.2. The van der Waals surface area contributed by atoms with Crippen LogP contribution >= 0.6 is 34.5 Å². The predicted octanol–water partition coefficient (Wildman–Crippen LogP) is 7.24. The van der Waals surface area contributed by atoms with Gasteiger partial charge in [0.1, 0.15) is 24.3 Å². The van der Waals surface area contributed by atoms with Gasteiger partial charge >= 0.3 is 5.97 Å². The molecule has 45 heavy (non-hydrogen) atoms. The van der Waals surface area contributed by atoms with E-state index in [2.05, 4.69) is 20.9 Å². The van der Waals surface area contributed by atoms with Gasteiger partial charge in [-0.2, -0.15) is 5.26 Å². The highest BCUT2D eigenvalue weighted by Gasteiger charge is 2.48. The summed E-state index contributed by atoms with van der Waals surface area (Å²) >= 11 is 14.4. The molecule has 0 atom stereocenters. The smallest absolute Gasteiger partial charge is 0.338 e. The Morgan fingerprint density at radius 2 is 1.93 bits per heavy atom. The summed E-state index contributed by atoms with van der Waals surface area (Å²) in [5.41, 5.74) is 3.90. The number of carboxylic acids is 1. The van der Waals surface area contributed by atoms with E-state index in [9.17, 15) is 20.0 Å². The number of pyridine rings is 1. The molecule has 2 fully saturated rings. The van der Waals surface area contributed by atoms with Crippen LogP contribution in [0.25, 0.3) is 32.2 Å². The van der Waals surface area contributed by atoms with Crippen molar-refractivity contribution in [3.63, 3.8) is 0 Å². The van der Waals surface area contributed by atoms with Gasteiger partial charge in [0.15, 0.2) is 0 Å². The average molecular weight is 661 g/mol. The Morgan fingerprint density at radius 1 is 1.16 bits per heavy atom. The van der Waals surface area contributed by atoms with Gasteiger partial charge in [-0.25, -0.2) is 9.78 Å². The number of aryl methyl sites for hydroxylation is 2. The summed E-state index contributed by atoms with van der Waals surface area (Å²) in [6.07, 6.45) is 3.59. The maximum absolute atomic E-state index is 13.9. The molecule has 1 aliphatic carbocycles. The zero-order valence-corrected chi connectivity index (χ0v) is 26.8. The summed E-state index contributed by atoms with van der Waals surface area (Å²) in [7, 11) is 0. The van der Waals surface area contributed by atoms with Crippen molar-refractivity contribution in [3.05, 3.63) is 78.8 Å². The Morgan fingerprint density at radius 3 is 2.62 bits per heavy atom. The summed E-state index contributed by atoms with van der Waals surface area (Å²) in [4.78, 5) is 37.0. The van der Waals surface area contributed by atoms with E-state index in [1.54, 1.807) is 43.5 Å². The molecule has 0 amide bonds. The fraction of sp³-hybridized carbons (Fsp3) is 0.303. The molecule has 0 radical (unpaired) electrons. The van der Waals surface area contributed by atoms with Gasteiger partial charge in [-0.3, -0.25) is 14.3 Å². The fourth-order valence-corrected chi connectivity index (χ4v) is 8.12. The summed E-state index contributed by atoms with van der Waals surface area (Å²) in [6, 6.07) is 11.1. The molecular formula is C33H27Cl2N5O4S. The Bertz CT molecular complexity index is 2160. The van der Waals surface area contributed by atoms with Crippen LogP contribution < -0.4 is 15.2 Å². The quantitative estimate of drug-likeness (QED) is 0.194. The van der Waals surface area contributed by atoms with Crippen molar-refractivity contribution in [1.82, 2.24) is 14.5 Å². The maximum Gasteiger partial charge on any atom is 0.338 e. The molecule has 9 nitrogen and oxygen atoms in total. The van der Waals surface area contributed by atoms with Gasteiger partial charge in [0.05, 0.1) is 49.5 Å². The molecular weight excluding hydrogens is 633 g/mol. The Hall–Kier alpha value is -4.17. The van der Waals surface area contributed by atoms with Gasteiger partial charge in [-0.1, -0.05) is 29.6 Å². The van der Waals surface area contributed by atoms with Crippen molar-refractivity contribution in [2.75, 3.05) is 24.6 Å². The van der Waals surface area contributed by atoms with E-state index in [-0.39, 0.29) is 35.2 Å². The highest BCUT2D eigenvalue weighted by atomic mass is 35.5. The Kier molecular flexibility index (Phi) is 7.23. The topological polar surface area (TPSA) is 121 Å². The zero-order chi connectivity index (χ0) is 31.6. The third-order valence-corrected chi connectivity index (χ3v) is 10.5. The van der Waals surface area contributed by atoms with Crippen LogP contribution in [0.1, 0.15) is 46.7 Å². The van der Waals surface area contributed by atoms with E-state index < -0.39 is 5.97 Å². The number of hydrogen-bond donors (Lipinski definition) is 1. The second-order valence-corrected chi connectivity index (χ2v) is 13.6. The number of carboxylic acid groups (broad SMARTS) is 1. The van der Waals surface area contributed by atoms with E-state index in [1.165, 1.54) is 35.2 Å². The van der Waals surface area contributed by atoms with Crippen molar-refractivity contribution >= 4 is 67.3 Å². The van der Waals surface area contributed by atoms with Gasteiger partial charge in [0, 0.05) is 45.7 Å². The largest absolute Gasteiger partial charge is 0.491 e. The number of halogens is 2. The van der Waals surface area contributed by atoms with E-state index in [0.717, 1.165) is 18.7 Å². The molecule has 5 aromatic rings. The van der Waals surface area contributed by atoms with Crippen LogP contribution in [-0.4, -0.2) is 45.3 Å². The number of aromatic carboxylic acids is 1. The van der Waals surface area contributed by atoms with Gasteiger partial charge in [-0.15, -0.1) is 11.3 Å². The monoisotopic (exact) mass is 659 g/mol. The van der Waals surface area contributed by atoms with E-state index in [1.807, 2.05) is 6.07 Å². The van der Waals surface area contributed by atoms with Crippen LogP contribution in [0.2, 0.25) is 10.0 Å². The third kappa shape index (κ3) is 4.90. The molecule has 4 heterocycles. The van der Waals surface area contributed by atoms with Gasteiger partial charge in [-0.05, 0) is 57.0 Å². The Balaban J connectivity index is 1.21. The number of anilines is 1. The minimum atomic E-state index is -1.04. The lowest BCUT2D eigenvalue weighted by molar-refractivity contribution is 0.0699. The number of nitriles is 1. The summed E-state index contributed by atoms with van der Waals surface area (Å²) in [5.74, 6) is -0.0481. The maximum atomic E-state index is 13.9. The minimum Gasteiger partial charge on any atom is -0.491 e. The lowest BCUT2D eigenvalue weighted by Crippen LogP contribution is -2.60. The van der Waals surface area contributed by atoms with Gasteiger partial charge in [0.25, 0.3) is 5.56 Å². The molecule has 1 aliphatic heterocycles. The first-order valence-electron chi connectivity index (χ1n) is 14.5. The van der Waals surface area contributed by atoms with Gasteiger partial charge in [0.2, 0.25) is 0 Å². The van der Waals surface area contributed by atoms with Crippen molar-refractivity contribution in [1.29, 1.82) is 5.26 Å². The molecule has 2 aliphatic rings. The zero-order valence-electron chi connectivity index (χ0n) is 24.5. The van der Waals surface area contributed by atoms with Crippen LogP contribution in [0, 0.1) is 30.6 Å². The molecule has 7 rings (SSSR count). The van der Waals surface area contributed by atoms with Gasteiger partial charge < -0.3 is 14.7 Å². The fourth-order valence-electron chi connectivity index (χ4n) is 6.62. The van der Waals surface area contributed by atoms with Crippen LogP contribution in [0.3, 0.4) is 0 Å². The van der Waals surface area contributed by atoms with Crippen LogP contribution in [0.5, 0.6) is 5.75 Å². The number of fused-ring (bicyclic) bond motifs is 2. The number of carbonyl (C=O) groups is 1. The van der Waals surface area contributed by atoms with Crippen molar-refractivity contribution < 1.29 is 14.6 Å².